The zero-order chi connectivity index (χ0) is 89.4. The molecule has 21 rings (SSSR count). The van der Waals surface area contributed by atoms with Gasteiger partial charge >= 0.3 is 0 Å². The Hall–Kier alpha value is -14.3. The van der Waals surface area contributed by atoms with Crippen molar-refractivity contribution in [3.05, 3.63) is 416 Å². The molecular formula is C122H109B2N5O. The Balaban J connectivity index is 0.909. The molecule has 0 amide bonds. The molecule has 0 saturated heterocycles. The molecule has 6 nitrogen and oxygen atoms in total. The first-order chi connectivity index (χ1) is 62.7. The molecule has 0 radical (unpaired) electrons. The van der Waals surface area contributed by atoms with Crippen molar-refractivity contribution in [1.82, 2.24) is 0 Å². The standard InChI is InChI=1S/C122H109B2N5O/c1-118(2,3)85-64-54-80(55-65-85)95-42-25-30-49-104(95)125(90-36-19-16-20-37-90)93-74-110-115-111(75-93)129(117-98(83-60-70-88(71-61-83)121(10,11)12)45-35-46-99(117)84-62-72-89(73-63-84)122(13,14)15)109-79-108-102(78-103(109)123(115)100-47-28-33-52-107(100)128(110)106-51-32-27-44-97(106)82-58-68-87(69-59-82)120(7,8)9)124-101-48-29-34-53-113(101)130-114-77-94(76-112(116(114)124)127(108)92-40-23-18-24-41-92)126(91-38-21-17-22-39-91)105-50-31-26-43-96(105)81-56-66-86(67-57-81)119(4,5)6/h16-79H,1-15H3. The SMILES string of the molecule is CC(C)(C)c1ccc(-c2ccccc2N(c2ccccc2)c2cc3c4c(c2)N(c2ccccc2)c2cc5c(cc2B4c2ccccc2O3)B2c3ccccc3N(c3ccccc3-c3ccc(C(C)(C)C)cc3)c3cc(N(c4ccccc4)c4ccccc4-c4ccc(C(C)(C)C)cc4)cc(c32)N5c2c(-c3ccc(C(C)(C)C)cc3)cccc2-c2ccc(C(C)(C)C)cc2)cc1. The number of fused-ring (bicyclic) bond motifs is 8. The fraction of sp³-hybridized carbons (Fsp3) is 0.164. The molecule has 17 aromatic carbocycles. The maximum atomic E-state index is 7.64. The van der Waals surface area contributed by atoms with Crippen molar-refractivity contribution in [2.75, 3.05) is 24.5 Å². The summed E-state index contributed by atoms with van der Waals surface area (Å²) in [6, 6.07) is 148. The van der Waals surface area contributed by atoms with E-state index in [0.29, 0.717) is 0 Å². The highest BCUT2D eigenvalue weighted by molar-refractivity contribution is 7.02. The summed E-state index contributed by atoms with van der Waals surface area (Å²) in [7, 11) is 0. The lowest BCUT2D eigenvalue weighted by molar-refractivity contribution is 0.487. The van der Waals surface area contributed by atoms with E-state index < -0.39 is 0 Å². The zero-order valence-corrected chi connectivity index (χ0v) is 77.2. The van der Waals surface area contributed by atoms with Gasteiger partial charge in [-0.25, -0.2) is 0 Å². The Bertz CT molecular complexity index is 7120. The van der Waals surface area contributed by atoms with E-state index >= 15 is 0 Å². The van der Waals surface area contributed by atoms with Crippen LogP contribution in [0.1, 0.15) is 132 Å². The van der Waals surface area contributed by atoms with Gasteiger partial charge in [0.05, 0.1) is 34.1 Å². The third-order valence-corrected chi connectivity index (χ3v) is 27.3. The Morgan fingerprint density at radius 2 is 0.554 bits per heavy atom. The van der Waals surface area contributed by atoms with Gasteiger partial charge in [-0.05, 0) is 206 Å². The number of ether oxygens (including phenoxy) is 1. The number of hydrogen-bond acceptors (Lipinski definition) is 6. The number of anilines is 15. The minimum absolute atomic E-state index is 0.0196. The molecule has 8 heteroatoms. The molecule has 0 spiro atoms. The maximum absolute atomic E-state index is 7.64. The van der Waals surface area contributed by atoms with E-state index in [2.05, 4.69) is 517 Å². The number of benzene rings is 17. The number of nitrogens with zero attached hydrogens (tertiary/aromatic N) is 5. The summed E-state index contributed by atoms with van der Waals surface area (Å²) in [5, 5.41) is 0. The van der Waals surface area contributed by atoms with E-state index in [1.807, 2.05) is 0 Å². The van der Waals surface area contributed by atoms with Crippen LogP contribution in [0.5, 0.6) is 11.5 Å². The molecule has 0 N–H and O–H groups in total. The average Bonchev–Trinajstić information content (AvgIpc) is 0.678. The molecule has 0 saturated carbocycles. The van der Waals surface area contributed by atoms with Crippen LogP contribution in [0.3, 0.4) is 0 Å². The molecule has 4 aliphatic rings. The van der Waals surface area contributed by atoms with E-state index in [1.165, 1.54) is 49.7 Å². The predicted molar refractivity (Wildman–Crippen MR) is 556 cm³/mol. The Kier molecular flexibility index (Phi) is 20.2. The van der Waals surface area contributed by atoms with Crippen LogP contribution < -0.4 is 62.0 Å². The van der Waals surface area contributed by atoms with Crippen molar-refractivity contribution in [2.24, 2.45) is 0 Å². The monoisotopic (exact) mass is 1680 g/mol. The molecule has 0 fully saturated rings. The molecule has 0 atom stereocenters. The van der Waals surface area contributed by atoms with Gasteiger partial charge in [-0.1, -0.05) is 395 Å². The van der Waals surface area contributed by atoms with Crippen LogP contribution in [0.15, 0.2) is 388 Å². The molecule has 0 bridgehead atoms. The van der Waals surface area contributed by atoms with E-state index in [0.717, 1.165) is 163 Å². The van der Waals surface area contributed by atoms with Crippen LogP contribution in [0.25, 0.3) is 55.6 Å². The third kappa shape index (κ3) is 14.6. The van der Waals surface area contributed by atoms with Gasteiger partial charge in [-0.3, -0.25) is 0 Å². The van der Waals surface area contributed by atoms with Gasteiger partial charge in [0.15, 0.2) is 0 Å². The number of para-hydroxylation sites is 9. The third-order valence-electron chi connectivity index (χ3n) is 27.3. The van der Waals surface area contributed by atoms with Crippen LogP contribution in [0.4, 0.5) is 85.3 Å². The minimum Gasteiger partial charge on any atom is -0.458 e. The molecule has 0 aromatic heterocycles. The van der Waals surface area contributed by atoms with Gasteiger partial charge in [0.25, 0.3) is 13.4 Å². The summed E-state index contributed by atoms with van der Waals surface area (Å²) >= 11 is 0. The molecular weight excluding hydrogens is 1570 g/mol. The van der Waals surface area contributed by atoms with Crippen molar-refractivity contribution < 1.29 is 4.74 Å². The van der Waals surface area contributed by atoms with Crippen molar-refractivity contribution in [3.63, 3.8) is 0 Å². The molecule has 0 aliphatic carbocycles. The summed E-state index contributed by atoms with van der Waals surface area (Å²) in [4.78, 5) is 13.0. The molecule has 4 heterocycles. The fourth-order valence-electron chi connectivity index (χ4n) is 20.5. The van der Waals surface area contributed by atoms with Crippen molar-refractivity contribution >= 4 is 132 Å². The molecule has 4 aliphatic heterocycles. The van der Waals surface area contributed by atoms with Crippen molar-refractivity contribution in [2.45, 2.75) is 131 Å². The van der Waals surface area contributed by atoms with Gasteiger partial charge in [0.1, 0.15) is 11.5 Å². The van der Waals surface area contributed by atoms with Gasteiger partial charge in [0, 0.05) is 85.1 Å². The van der Waals surface area contributed by atoms with Gasteiger partial charge in [-0.15, -0.1) is 0 Å². The lowest BCUT2D eigenvalue weighted by Gasteiger charge is -2.47. The summed E-state index contributed by atoms with van der Waals surface area (Å²) < 4.78 is 7.64. The second-order valence-electron chi connectivity index (χ2n) is 40.9. The van der Waals surface area contributed by atoms with Crippen LogP contribution >= 0.6 is 0 Å². The summed E-state index contributed by atoms with van der Waals surface area (Å²) in [6.07, 6.45) is 0. The minimum atomic E-state index is -0.347. The lowest BCUT2D eigenvalue weighted by Crippen LogP contribution is -2.64. The molecule has 130 heavy (non-hydrogen) atoms. The molecule has 0 unspecified atom stereocenters. The van der Waals surface area contributed by atoms with Crippen LogP contribution in [0.2, 0.25) is 0 Å². The summed E-state index contributed by atoms with van der Waals surface area (Å²) in [5.41, 5.74) is 39.9. The Morgan fingerprint density at radius 1 is 0.215 bits per heavy atom. The Labute approximate surface area is 769 Å². The quantitative estimate of drug-likeness (QED) is 0.101. The van der Waals surface area contributed by atoms with Crippen molar-refractivity contribution in [3.8, 4) is 67.1 Å². The first-order valence-corrected chi connectivity index (χ1v) is 46.2. The second kappa shape index (κ2) is 31.9. The topological polar surface area (TPSA) is 25.4 Å². The highest BCUT2D eigenvalue weighted by atomic mass is 16.5. The van der Waals surface area contributed by atoms with E-state index in [1.54, 1.807) is 0 Å². The normalized spacial score (nSPS) is 13.2. The summed E-state index contributed by atoms with van der Waals surface area (Å²) in [6.45, 7) is 33.9. The summed E-state index contributed by atoms with van der Waals surface area (Å²) in [5.74, 6) is 1.64. The van der Waals surface area contributed by atoms with Gasteiger partial charge in [0.2, 0.25) is 0 Å². The smallest absolute Gasteiger partial charge is 0.256 e. The van der Waals surface area contributed by atoms with E-state index in [9.17, 15) is 0 Å². The first kappa shape index (κ1) is 82.6. The van der Waals surface area contributed by atoms with Crippen LogP contribution in [-0.4, -0.2) is 13.4 Å². The average molecular weight is 1680 g/mol. The van der Waals surface area contributed by atoms with Crippen molar-refractivity contribution in [1.29, 1.82) is 0 Å². The zero-order valence-electron chi connectivity index (χ0n) is 77.2. The van der Waals surface area contributed by atoms with Crippen LogP contribution in [-0.2, 0) is 27.1 Å². The fourth-order valence-corrected chi connectivity index (χ4v) is 20.5. The lowest BCUT2D eigenvalue weighted by atomic mass is 9.30. The molecule has 634 valence electrons. The van der Waals surface area contributed by atoms with Gasteiger partial charge in [-0.2, -0.15) is 0 Å². The number of rotatable bonds is 14. The maximum Gasteiger partial charge on any atom is 0.256 e. The highest BCUT2D eigenvalue weighted by Crippen LogP contribution is 2.57. The van der Waals surface area contributed by atoms with Gasteiger partial charge < -0.3 is 29.2 Å². The predicted octanol–water partition coefficient (Wildman–Crippen LogP) is 29.9. The molecule has 17 aromatic rings. The number of hydrogen-bond donors (Lipinski definition) is 0. The Morgan fingerprint density at radius 3 is 1.02 bits per heavy atom. The first-order valence-electron chi connectivity index (χ1n) is 46.2. The second-order valence-corrected chi connectivity index (χ2v) is 40.9. The largest absolute Gasteiger partial charge is 0.458 e. The highest BCUT2D eigenvalue weighted by Gasteiger charge is 2.50. The van der Waals surface area contributed by atoms with E-state index in [4.69, 9.17) is 4.74 Å². The van der Waals surface area contributed by atoms with E-state index in [-0.39, 0.29) is 40.5 Å². The van der Waals surface area contributed by atoms with Crippen LogP contribution in [0, 0.1) is 0 Å².